The Morgan fingerprint density at radius 3 is 3.05 bits per heavy atom. The van der Waals surface area contributed by atoms with Crippen molar-refractivity contribution in [2.45, 2.75) is 0 Å². The van der Waals surface area contributed by atoms with Crippen LogP contribution in [0, 0.1) is 0 Å². The number of carbonyl (C=O) groups excluding carboxylic acids is 1. The van der Waals surface area contributed by atoms with Gasteiger partial charge < -0.3 is 10.3 Å². The lowest BCUT2D eigenvalue weighted by Crippen LogP contribution is -2.07. The normalized spacial score (nSPS) is 10.4. The van der Waals surface area contributed by atoms with Crippen molar-refractivity contribution in [2.24, 2.45) is 0 Å². The van der Waals surface area contributed by atoms with E-state index >= 15 is 0 Å². The molecule has 2 heterocycles. The fourth-order valence-electron chi connectivity index (χ4n) is 2.05. The fraction of sp³-hybridized carbons (Fsp3) is 0. The number of carbonyl (C=O) groups is 1. The molecule has 20 heavy (non-hydrogen) atoms. The molecule has 0 atom stereocenters. The summed E-state index contributed by atoms with van der Waals surface area (Å²) in [6.07, 6.45) is 4.96. The molecule has 3 aromatic rings. The van der Waals surface area contributed by atoms with Gasteiger partial charge in [-0.05, 0) is 30.3 Å². The number of rotatable bonds is 3. The van der Waals surface area contributed by atoms with Crippen LogP contribution in [-0.4, -0.2) is 15.9 Å². The largest absolute Gasteiger partial charge is 0.361 e. The standard InChI is InChI=1S/C16H13N3O/c1-2-16(20)19-13-5-3-4-11(8-13)14-9-15-12(10-18-14)6-7-17-15/h2-10,17H,1H2,(H,19,20). The van der Waals surface area contributed by atoms with E-state index < -0.39 is 0 Å². The number of nitrogens with zero attached hydrogens (tertiary/aromatic N) is 1. The summed E-state index contributed by atoms with van der Waals surface area (Å²) in [6, 6.07) is 11.5. The third-order valence-electron chi connectivity index (χ3n) is 3.05. The van der Waals surface area contributed by atoms with Crippen LogP contribution in [0.4, 0.5) is 5.69 Å². The first-order chi connectivity index (χ1) is 9.76. The lowest BCUT2D eigenvalue weighted by atomic mass is 10.1. The lowest BCUT2D eigenvalue weighted by Gasteiger charge is -2.05. The molecule has 0 aliphatic carbocycles. The molecule has 4 heteroatoms. The molecule has 3 rings (SSSR count). The van der Waals surface area contributed by atoms with Crippen LogP contribution >= 0.6 is 0 Å². The molecule has 1 aromatic carbocycles. The summed E-state index contributed by atoms with van der Waals surface area (Å²) < 4.78 is 0. The van der Waals surface area contributed by atoms with Crippen molar-refractivity contribution in [1.82, 2.24) is 9.97 Å². The predicted molar refractivity (Wildman–Crippen MR) is 80.4 cm³/mol. The zero-order valence-corrected chi connectivity index (χ0v) is 10.8. The van der Waals surface area contributed by atoms with Crippen LogP contribution in [0.1, 0.15) is 0 Å². The van der Waals surface area contributed by atoms with E-state index in [0.717, 1.165) is 27.8 Å². The second-order valence-electron chi connectivity index (χ2n) is 4.41. The second-order valence-corrected chi connectivity index (χ2v) is 4.41. The highest BCUT2D eigenvalue weighted by atomic mass is 16.1. The first kappa shape index (κ1) is 12.2. The topological polar surface area (TPSA) is 57.8 Å². The van der Waals surface area contributed by atoms with Crippen LogP contribution in [-0.2, 0) is 4.79 Å². The number of hydrogen-bond donors (Lipinski definition) is 2. The van der Waals surface area contributed by atoms with Crippen molar-refractivity contribution < 1.29 is 4.79 Å². The average molecular weight is 263 g/mol. The van der Waals surface area contributed by atoms with Gasteiger partial charge in [0.25, 0.3) is 0 Å². The Balaban J connectivity index is 1.98. The predicted octanol–water partition coefficient (Wildman–Crippen LogP) is 3.35. The molecule has 2 N–H and O–H groups in total. The van der Waals surface area contributed by atoms with E-state index in [9.17, 15) is 4.79 Å². The highest BCUT2D eigenvalue weighted by Crippen LogP contribution is 2.23. The molecule has 0 saturated heterocycles. The molecule has 98 valence electrons. The van der Waals surface area contributed by atoms with Gasteiger partial charge in [0, 0.05) is 34.5 Å². The minimum Gasteiger partial charge on any atom is -0.361 e. The molecule has 0 saturated carbocycles. The van der Waals surface area contributed by atoms with Gasteiger partial charge in [-0.1, -0.05) is 18.7 Å². The van der Waals surface area contributed by atoms with Crippen LogP contribution in [0.2, 0.25) is 0 Å². The van der Waals surface area contributed by atoms with Gasteiger partial charge in [-0.25, -0.2) is 0 Å². The van der Waals surface area contributed by atoms with Crippen LogP contribution < -0.4 is 5.32 Å². The minimum atomic E-state index is -0.227. The molecule has 0 radical (unpaired) electrons. The Kier molecular flexibility index (Phi) is 3.05. The number of benzene rings is 1. The van der Waals surface area contributed by atoms with Crippen molar-refractivity contribution in [3.8, 4) is 11.3 Å². The molecule has 0 unspecified atom stereocenters. The van der Waals surface area contributed by atoms with E-state index in [1.807, 2.05) is 48.8 Å². The summed E-state index contributed by atoms with van der Waals surface area (Å²) in [5.74, 6) is -0.227. The Labute approximate surface area is 116 Å². The number of fused-ring (bicyclic) bond motifs is 1. The Hall–Kier alpha value is -2.88. The third kappa shape index (κ3) is 2.31. The van der Waals surface area contributed by atoms with Crippen LogP contribution in [0.25, 0.3) is 22.2 Å². The summed E-state index contributed by atoms with van der Waals surface area (Å²) in [4.78, 5) is 18.9. The minimum absolute atomic E-state index is 0.227. The van der Waals surface area contributed by atoms with E-state index in [-0.39, 0.29) is 5.91 Å². The highest BCUT2D eigenvalue weighted by molar-refractivity contribution is 5.99. The SMILES string of the molecule is C=CC(=O)Nc1cccc(-c2cc3[nH]ccc3cn2)c1. The second kappa shape index (κ2) is 5.01. The Morgan fingerprint density at radius 1 is 1.30 bits per heavy atom. The quantitative estimate of drug-likeness (QED) is 0.712. The number of H-pyrrole nitrogens is 1. The summed E-state index contributed by atoms with van der Waals surface area (Å²) in [5.41, 5.74) is 3.56. The molecular weight excluding hydrogens is 250 g/mol. The maximum atomic E-state index is 11.3. The van der Waals surface area contributed by atoms with Crippen molar-refractivity contribution in [2.75, 3.05) is 5.32 Å². The molecule has 4 nitrogen and oxygen atoms in total. The molecule has 0 bridgehead atoms. The number of nitrogens with one attached hydrogen (secondary N) is 2. The summed E-state index contributed by atoms with van der Waals surface area (Å²) in [7, 11) is 0. The van der Waals surface area contributed by atoms with Crippen molar-refractivity contribution in [3.63, 3.8) is 0 Å². The summed E-state index contributed by atoms with van der Waals surface area (Å²) in [6.45, 7) is 3.44. The zero-order chi connectivity index (χ0) is 13.9. The highest BCUT2D eigenvalue weighted by Gasteiger charge is 2.04. The van der Waals surface area contributed by atoms with E-state index in [2.05, 4.69) is 21.9 Å². The van der Waals surface area contributed by atoms with E-state index in [1.165, 1.54) is 6.08 Å². The zero-order valence-electron chi connectivity index (χ0n) is 10.8. The lowest BCUT2D eigenvalue weighted by molar-refractivity contribution is -0.111. The Morgan fingerprint density at radius 2 is 2.20 bits per heavy atom. The molecule has 1 amide bonds. The molecule has 0 spiro atoms. The summed E-state index contributed by atoms with van der Waals surface area (Å²) in [5, 5.41) is 3.82. The van der Waals surface area contributed by atoms with E-state index in [0.29, 0.717) is 0 Å². The van der Waals surface area contributed by atoms with Gasteiger partial charge in [-0.2, -0.15) is 0 Å². The molecule has 0 aliphatic heterocycles. The van der Waals surface area contributed by atoms with Gasteiger partial charge in [0.15, 0.2) is 0 Å². The van der Waals surface area contributed by atoms with Gasteiger partial charge >= 0.3 is 0 Å². The van der Waals surface area contributed by atoms with Crippen molar-refractivity contribution >= 4 is 22.5 Å². The first-order valence-corrected chi connectivity index (χ1v) is 6.23. The molecule has 0 fully saturated rings. The molecule has 2 aromatic heterocycles. The molecule has 0 aliphatic rings. The number of pyridine rings is 1. The number of anilines is 1. The number of amides is 1. The number of aromatic amines is 1. The maximum absolute atomic E-state index is 11.3. The van der Waals surface area contributed by atoms with Crippen molar-refractivity contribution in [1.29, 1.82) is 0 Å². The van der Waals surface area contributed by atoms with Crippen LogP contribution in [0.5, 0.6) is 0 Å². The monoisotopic (exact) mass is 263 g/mol. The Bertz CT molecular complexity index is 789. The average Bonchev–Trinajstić information content (AvgIpc) is 2.94. The van der Waals surface area contributed by atoms with E-state index in [4.69, 9.17) is 0 Å². The smallest absolute Gasteiger partial charge is 0.247 e. The summed E-state index contributed by atoms with van der Waals surface area (Å²) >= 11 is 0. The van der Waals surface area contributed by atoms with Gasteiger partial charge in [0.2, 0.25) is 5.91 Å². The van der Waals surface area contributed by atoms with Gasteiger partial charge in [-0.3, -0.25) is 9.78 Å². The van der Waals surface area contributed by atoms with Crippen molar-refractivity contribution in [3.05, 3.63) is 61.4 Å². The van der Waals surface area contributed by atoms with E-state index in [1.54, 1.807) is 0 Å². The van der Waals surface area contributed by atoms with Crippen LogP contribution in [0.3, 0.4) is 0 Å². The maximum Gasteiger partial charge on any atom is 0.247 e. The van der Waals surface area contributed by atoms with Crippen LogP contribution in [0.15, 0.2) is 61.4 Å². The third-order valence-corrected chi connectivity index (χ3v) is 3.05. The number of hydrogen-bond acceptors (Lipinski definition) is 2. The van der Waals surface area contributed by atoms with Gasteiger partial charge in [-0.15, -0.1) is 0 Å². The molecular formula is C16H13N3O. The number of aromatic nitrogens is 2. The first-order valence-electron chi connectivity index (χ1n) is 6.23. The van der Waals surface area contributed by atoms with Gasteiger partial charge in [0.05, 0.1) is 5.69 Å². The van der Waals surface area contributed by atoms with Gasteiger partial charge in [0.1, 0.15) is 0 Å². The fourth-order valence-corrected chi connectivity index (χ4v) is 2.05.